The molecule has 4 nitrogen and oxygen atoms in total. The van der Waals surface area contributed by atoms with Gasteiger partial charge < -0.3 is 10.4 Å². The van der Waals surface area contributed by atoms with Gasteiger partial charge in [0.15, 0.2) is 0 Å². The fourth-order valence-corrected chi connectivity index (χ4v) is 1.67. The molecule has 1 heterocycles. The minimum absolute atomic E-state index is 0.291. The summed E-state index contributed by atoms with van der Waals surface area (Å²) in [6, 6.07) is 10.1. The molecule has 0 saturated carbocycles. The summed E-state index contributed by atoms with van der Waals surface area (Å²) >= 11 is 0. The highest BCUT2D eigenvalue weighted by Crippen LogP contribution is 2.12. The minimum Gasteiger partial charge on any atom is -0.392 e. The maximum Gasteiger partial charge on any atom is 0.0688 e. The molecule has 0 fully saturated rings. The van der Waals surface area contributed by atoms with E-state index in [1.807, 2.05) is 42.9 Å². The lowest BCUT2D eigenvalue weighted by molar-refractivity contribution is 0.0956. The molecule has 0 saturated heterocycles. The van der Waals surface area contributed by atoms with E-state index in [4.69, 9.17) is 0 Å². The van der Waals surface area contributed by atoms with E-state index in [2.05, 4.69) is 22.5 Å². The minimum atomic E-state index is -0.393. The van der Waals surface area contributed by atoms with Gasteiger partial charge >= 0.3 is 0 Å². The monoisotopic (exact) mass is 259 g/mol. The second kappa shape index (κ2) is 5.55. The van der Waals surface area contributed by atoms with Crippen molar-refractivity contribution < 1.29 is 5.11 Å². The first kappa shape index (κ1) is 13.8. The third-order valence-corrected chi connectivity index (χ3v) is 3.50. The summed E-state index contributed by atoms with van der Waals surface area (Å²) in [5, 5.41) is 17.2. The van der Waals surface area contributed by atoms with Crippen molar-refractivity contribution in [3.63, 3.8) is 0 Å². The Labute approximate surface area is 114 Å². The van der Waals surface area contributed by atoms with E-state index < -0.39 is 6.10 Å². The van der Waals surface area contributed by atoms with Crippen LogP contribution >= 0.6 is 0 Å². The second-order valence-corrected chi connectivity index (χ2v) is 5.37. The molecule has 0 bridgehead atoms. The molecule has 0 aliphatic heterocycles. The number of nitrogens with one attached hydrogen (secondary N) is 1. The van der Waals surface area contributed by atoms with Crippen LogP contribution in [0.1, 0.15) is 26.3 Å². The first-order valence-corrected chi connectivity index (χ1v) is 6.51. The van der Waals surface area contributed by atoms with E-state index in [0.717, 1.165) is 12.2 Å². The molecule has 0 aliphatic rings. The maximum absolute atomic E-state index is 9.65. The van der Waals surface area contributed by atoms with Gasteiger partial charge in [-0.15, -0.1) is 0 Å². The normalized spacial score (nSPS) is 13.5. The molecule has 2 aromatic rings. The lowest BCUT2D eigenvalue weighted by Gasteiger charge is -2.29. The Kier molecular flexibility index (Phi) is 4.02. The summed E-state index contributed by atoms with van der Waals surface area (Å²) < 4.78 is 1.83. The van der Waals surface area contributed by atoms with Gasteiger partial charge in [0.1, 0.15) is 0 Å². The van der Waals surface area contributed by atoms with E-state index in [9.17, 15) is 5.11 Å². The molecule has 0 amide bonds. The van der Waals surface area contributed by atoms with Crippen LogP contribution in [-0.4, -0.2) is 26.5 Å². The van der Waals surface area contributed by atoms with E-state index in [1.165, 1.54) is 5.56 Å². The summed E-state index contributed by atoms with van der Waals surface area (Å²) in [6.07, 6.45) is 3.29. The maximum atomic E-state index is 9.65. The molecule has 4 heteroatoms. The Bertz CT molecular complexity index is 501. The third kappa shape index (κ3) is 3.43. The fraction of sp³-hybridized carbons (Fsp3) is 0.400. The van der Waals surface area contributed by atoms with Crippen molar-refractivity contribution in [2.75, 3.05) is 0 Å². The number of nitrogens with zero attached hydrogens (tertiary/aromatic N) is 2. The Morgan fingerprint density at radius 1 is 1.32 bits per heavy atom. The van der Waals surface area contributed by atoms with Crippen molar-refractivity contribution in [2.45, 2.75) is 39.0 Å². The number of aliphatic hydroxyl groups is 1. The zero-order valence-corrected chi connectivity index (χ0v) is 11.7. The van der Waals surface area contributed by atoms with Gasteiger partial charge in [0.2, 0.25) is 0 Å². The molecule has 1 atom stereocenters. The number of benzene rings is 1. The Morgan fingerprint density at radius 2 is 2.00 bits per heavy atom. The van der Waals surface area contributed by atoms with Gasteiger partial charge in [-0.1, -0.05) is 12.1 Å². The van der Waals surface area contributed by atoms with Crippen LogP contribution in [0.15, 0.2) is 42.7 Å². The first-order chi connectivity index (χ1) is 8.99. The van der Waals surface area contributed by atoms with Crippen molar-refractivity contribution in [1.82, 2.24) is 15.1 Å². The number of rotatable bonds is 5. The molecule has 0 aliphatic carbocycles. The summed E-state index contributed by atoms with van der Waals surface area (Å²) in [5.41, 5.74) is 1.94. The smallest absolute Gasteiger partial charge is 0.0688 e. The zero-order chi connectivity index (χ0) is 13.9. The van der Waals surface area contributed by atoms with Gasteiger partial charge in [-0.2, -0.15) is 5.10 Å². The van der Waals surface area contributed by atoms with Gasteiger partial charge in [-0.3, -0.25) is 0 Å². The largest absolute Gasteiger partial charge is 0.392 e. The Balaban J connectivity index is 2.00. The third-order valence-electron chi connectivity index (χ3n) is 3.50. The van der Waals surface area contributed by atoms with E-state index in [-0.39, 0.29) is 5.54 Å². The number of aliphatic hydroxyl groups excluding tert-OH is 1. The number of hydrogen-bond donors (Lipinski definition) is 2. The molecule has 2 N–H and O–H groups in total. The summed E-state index contributed by atoms with van der Waals surface area (Å²) in [6.45, 7) is 6.52. The lowest BCUT2D eigenvalue weighted by Crippen LogP contribution is -2.47. The van der Waals surface area contributed by atoms with E-state index >= 15 is 0 Å². The van der Waals surface area contributed by atoms with Crippen LogP contribution in [0.2, 0.25) is 0 Å². The van der Waals surface area contributed by atoms with Crippen LogP contribution in [-0.2, 0) is 6.54 Å². The number of hydrogen-bond acceptors (Lipinski definition) is 3. The van der Waals surface area contributed by atoms with Crippen molar-refractivity contribution in [2.24, 2.45) is 0 Å². The molecule has 1 unspecified atom stereocenters. The quantitative estimate of drug-likeness (QED) is 0.864. The van der Waals surface area contributed by atoms with Crippen LogP contribution in [0.4, 0.5) is 0 Å². The van der Waals surface area contributed by atoms with Gasteiger partial charge in [0.05, 0.1) is 11.8 Å². The summed E-state index contributed by atoms with van der Waals surface area (Å²) in [7, 11) is 0. The highest BCUT2D eigenvalue weighted by atomic mass is 16.3. The molecule has 1 aromatic heterocycles. The van der Waals surface area contributed by atoms with Crippen LogP contribution in [0.3, 0.4) is 0 Å². The Morgan fingerprint density at radius 3 is 2.53 bits per heavy atom. The van der Waals surface area contributed by atoms with Gasteiger partial charge in [0, 0.05) is 24.5 Å². The molecule has 2 rings (SSSR count). The van der Waals surface area contributed by atoms with Crippen molar-refractivity contribution in [3.05, 3.63) is 48.3 Å². The van der Waals surface area contributed by atoms with Crippen molar-refractivity contribution >= 4 is 0 Å². The summed E-state index contributed by atoms with van der Waals surface area (Å²) in [4.78, 5) is 0. The molecule has 1 aromatic carbocycles. The SMILES string of the molecule is CC(O)C(C)(C)NCc1ccc(-n2cccn2)cc1. The highest BCUT2D eigenvalue weighted by molar-refractivity contribution is 5.33. The average molecular weight is 259 g/mol. The van der Waals surface area contributed by atoms with Crippen molar-refractivity contribution in [3.8, 4) is 5.69 Å². The number of aromatic nitrogens is 2. The van der Waals surface area contributed by atoms with Crippen LogP contribution in [0, 0.1) is 0 Å². The second-order valence-electron chi connectivity index (χ2n) is 5.37. The Hall–Kier alpha value is -1.65. The predicted molar refractivity (Wildman–Crippen MR) is 76.2 cm³/mol. The van der Waals surface area contributed by atoms with Crippen LogP contribution < -0.4 is 5.32 Å². The van der Waals surface area contributed by atoms with E-state index in [0.29, 0.717) is 0 Å². The molecular weight excluding hydrogens is 238 g/mol. The van der Waals surface area contributed by atoms with Crippen LogP contribution in [0.25, 0.3) is 5.69 Å². The molecule has 0 radical (unpaired) electrons. The van der Waals surface area contributed by atoms with Crippen molar-refractivity contribution in [1.29, 1.82) is 0 Å². The molecule has 0 spiro atoms. The fourth-order valence-electron chi connectivity index (χ4n) is 1.67. The lowest BCUT2D eigenvalue weighted by atomic mass is 9.98. The summed E-state index contributed by atoms with van der Waals surface area (Å²) in [5.74, 6) is 0. The van der Waals surface area contributed by atoms with Gasteiger partial charge in [-0.25, -0.2) is 4.68 Å². The highest BCUT2D eigenvalue weighted by Gasteiger charge is 2.22. The molecule has 102 valence electrons. The zero-order valence-electron chi connectivity index (χ0n) is 11.7. The topological polar surface area (TPSA) is 50.1 Å². The predicted octanol–water partition coefficient (Wildman–Crippen LogP) is 2.12. The molecule has 19 heavy (non-hydrogen) atoms. The average Bonchev–Trinajstić information content (AvgIpc) is 2.91. The molecular formula is C15H21N3O. The standard InChI is InChI=1S/C15H21N3O/c1-12(19)15(2,3)16-11-13-5-7-14(8-6-13)18-10-4-9-17-18/h4-10,12,16,19H,11H2,1-3H3. The van der Waals surface area contributed by atoms with Gasteiger partial charge in [-0.05, 0) is 44.5 Å². The van der Waals surface area contributed by atoms with Gasteiger partial charge in [0.25, 0.3) is 0 Å². The van der Waals surface area contributed by atoms with Crippen LogP contribution in [0.5, 0.6) is 0 Å². The first-order valence-electron chi connectivity index (χ1n) is 6.51. The van der Waals surface area contributed by atoms with E-state index in [1.54, 1.807) is 13.1 Å².